The topological polar surface area (TPSA) is 72.1 Å². The van der Waals surface area contributed by atoms with Crippen molar-refractivity contribution in [1.29, 1.82) is 0 Å². The number of rotatable bonds is 8. The molecule has 0 radical (unpaired) electrons. The van der Waals surface area contributed by atoms with Crippen LogP contribution in [-0.2, 0) is 24.9 Å². The summed E-state index contributed by atoms with van der Waals surface area (Å²) >= 11 is 0. The monoisotopic (exact) mass is 402 g/mol. The third-order valence-electron chi connectivity index (χ3n) is 4.92. The van der Waals surface area contributed by atoms with Crippen molar-refractivity contribution in [2.75, 3.05) is 5.32 Å². The summed E-state index contributed by atoms with van der Waals surface area (Å²) in [6.45, 7) is 3.39. The van der Waals surface area contributed by atoms with Crippen molar-refractivity contribution in [3.63, 3.8) is 0 Å². The second kappa shape index (κ2) is 8.97. The molecule has 2 N–H and O–H groups in total. The fourth-order valence-electron chi connectivity index (χ4n) is 3.47. The van der Waals surface area contributed by atoms with Gasteiger partial charge in [-0.2, -0.15) is 5.10 Å². The van der Waals surface area contributed by atoms with Crippen LogP contribution in [0.15, 0.2) is 65.2 Å². The van der Waals surface area contributed by atoms with Crippen LogP contribution in [0.25, 0.3) is 22.4 Å². The number of fused-ring (bicyclic) bond motifs is 1. The summed E-state index contributed by atoms with van der Waals surface area (Å²) in [5, 5.41) is 12.1. The van der Waals surface area contributed by atoms with Gasteiger partial charge in [0.25, 0.3) is 0 Å². The molecule has 2 heterocycles. The molecule has 2 aromatic heterocycles. The Morgan fingerprint density at radius 3 is 2.67 bits per heavy atom. The molecule has 0 aliphatic carbocycles. The van der Waals surface area contributed by atoms with Crippen molar-refractivity contribution >= 4 is 22.6 Å². The molecule has 6 nitrogen and oxygen atoms in total. The predicted octanol–water partition coefficient (Wildman–Crippen LogP) is 4.86. The number of carbonyl (C=O) groups is 1. The number of amides is 1. The summed E-state index contributed by atoms with van der Waals surface area (Å²) < 4.78 is 7.81. The fraction of sp³-hybridized carbons (Fsp3) is 0.250. The number of aromatic nitrogens is 2. The van der Waals surface area contributed by atoms with Crippen molar-refractivity contribution in [2.45, 2.75) is 32.9 Å². The molecule has 2 aromatic carbocycles. The van der Waals surface area contributed by atoms with E-state index < -0.39 is 0 Å². The highest BCUT2D eigenvalue weighted by atomic mass is 16.3. The van der Waals surface area contributed by atoms with Crippen LogP contribution in [0.3, 0.4) is 0 Å². The first-order valence-electron chi connectivity index (χ1n) is 10.2. The summed E-state index contributed by atoms with van der Waals surface area (Å²) in [4.78, 5) is 11.7. The predicted molar refractivity (Wildman–Crippen MR) is 119 cm³/mol. The number of aryl methyl sites for hydroxylation is 1. The lowest BCUT2D eigenvalue weighted by Gasteiger charge is -2.07. The number of benzene rings is 2. The first-order valence-corrected chi connectivity index (χ1v) is 10.2. The molecule has 30 heavy (non-hydrogen) atoms. The molecule has 1 amide bonds. The van der Waals surface area contributed by atoms with Gasteiger partial charge in [-0.1, -0.05) is 37.3 Å². The highest BCUT2D eigenvalue weighted by Gasteiger charge is 2.14. The minimum atomic E-state index is 0.0538. The van der Waals surface area contributed by atoms with Crippen LogP contribution in [0.1, 0.15) is 30.9 Å². The van der Waals surface area contributed by atoms with E-state index in [0.29, 0.717) is 13.0 Å². The van der Waals surface area contributed by atoms with Crippen LogP contribution in [-0.4, -0.2) is 15.7 Å². The van der Waals surface area contributed by atoms with Gasteiger partial charge in [0.2, 0.25) is 5.91 Å². The molecular weight excluding hydrogens is 376 g/mol. The largest absolute Gasteiger partial charge is 0.454 e. The lowest BCUT2D eigenvalue weighted by molar-refractivity contribution is -0.116. The van der Waals surface area contributed by atoms with Crippen molar-refractivity contribution in [3.8, 4) is 11.5 Å². The van der Waals surface area contributed by atoms with E-state index in [4.69, 9.17) is 4.42 Å². The van der Waals surface area contributed by atoms with Crippen molar-refractivity contribution in [3.05, 3.63) is 71.9 Å². The molecule has 0 aliphatic heterocycles. The Kier molecular flexibility index (Phi) is 5.95. The number of para-hydroxylation sites is 1. The van der Waals surface area contributed by atoms with Gasteiger partial charge in [-0.25, -0.2) is 0 Å². The normalized spacial score (nSPS) is 11.1. The SMILES string of the molecule is CCCC(=O)Nc1ccc(CNCc2cn(C)nc2-c2cc3ccccc3o2)cc1. The lowest BCUT2D eigenvalue weighted by Crippen LogP contribution is -2.13. The molecule has 0 unspecified atom stereocenters. The number of nitrogens with zero attached hydrogens (tertiary/aromatic N) is 2. The number of nitrogens with one attached hydrogen (secondary N) is 2. The average molecular weight is 402 g/mol. The van der Waals surface area contributed by atoms with Gasteiger partial charge < -0.3 is 15.1 Å². The van der Waals surface area contributed by atoms with Crippen LogP contribution < -0.4 is 10.6 Å². The Labute approximate surface area is 175 Å². The lowest BCUT2D eigenvalue weighted by atomic mass is 10.1. The number of hydrogen-bond acceptors (Lipinski definition) is 4. The Bertz CT molecular complexity index is 1110. The van der Waals surface area contributed by atoms with Gasteiger partial charge >= 0.3 is 0 Å². The molecule has 0 fully saturated rings. The van der Waals surface area contributed by atoms with Crippen molar-refractivity contribution in [1.82, 2.24) is 15.1 Å². The minimum absolute atomic E-state index is 0.0538. The summed E-state index contributed by atoms with van der Waals surface area (Å²) in [6.07, 6.45) is 3.40. The van der Waals surface area contributed by atoms with E-state index in [1.807, 2.05) is 79.4 Å². The number of hydrogen-bond donors (Lipinski definition) is 2. The highest BCUT2D eigenvalue weighted by molar-refractivity contribution is 5.90. The van der Waals surface area contributed by atoms with Gasteiger partial charge in [0, 0.05) is 49.4 Å². The molecule has 0 bridgehead atoms. The van der Waals surface area contributed by atoms with Gasteiger partial charge in [0.1, 0.15) is 11.3 Å². The first-order chi connectivity index (χ1) is 14.6. The first kappa shape index (κ1) is 19.9. The van der Waals surface area contributed by atoms with Crippen molar-refractivity contribution in [2.24, 2.45) is 7.05 Å². The third kappa shape index (κ3) is 4.60. The second-order valence-corrected chi connectivity index (χ2v) is 7.42. The zero-order chi connectivity index (χ0) is 20.9. The van der Waals surface area contributed by atoms with Crippen LogP contribution in [0.5, 0.6) is 0 Å². The van der Waals surface area contributed by atoms with Gasteiger partial charge in [-0.15, -0.1) is 0 Å². The van der Waals surface area contributed by atoms with E-state index in [0.717, 1.165) is 52.2 Å². The third-order valence-corrected chi connectivity index (χ3v) is 4.92. The Morgan fingerprint density at radius 1 is 1.10 bits per heavy atom. The fourth-order valence-corrected chi connectivity index (χ4v) is 3.47. The summed E-state index contributed by atoms with van der Waals surface area (Å²) in [6, 6.07) is 17.9. The maximum Gasteiger partial charge on any atom is 0.224 e. The second-order valence-electron chi connectivity index (χ2n) is 7.42. The Morgan fingerprint density at radius 2 is 1.90 bits per heavy atom. The van der Waals surface area contributed by atoms with Crippen LogP contribution >= 0.6 is 0 Å². The maximum atomic E-state index is 11.7. The van der Waals surface area contributed by atoms with E-state index >= 15 is 0 Å². The molecule has 154 valence electrons. The number of carbonyl (C=O) groups excluding carboxylic acids is 1. The van der Waals surface area contributed by atoms with E-state index in [9.17, 15) is 4.79 Å². The van der Waals surface area contributed by atoms with E-state index in [2.05, 4.69) is 15.7 Å². The minimum Gasteiger partial charge on any atom is -0.454 e. The standard InChI is InChI=1S/C24H26N4O2/c1-3-6-23(29)26-20-11-9-17(10-12-20)14-25-15-19-16-28(2)27-24(19)22-13-18-7-4-5-8-21(18)30-22/h4-5,7-13,16,25H,3,6,14-15H2,1-2H3,(H,26,29). The zero-order valence-electron chi connectivity index (χ0n) is 17.3. The highest BCUT2D eigenvalue weighted by Crippen LogP contribution is 2.29. The molecule has 0 aliphatic rings. The molecule has 4 aromatic rings. The van der Waals surface area contributed by atoms with E-state index in [1.54, 1.807) is 0 Å². The Balaban J connectivity index is 1.39. The molecular formula is C24H26N4O2. The van der Waals surface area contributed by atoms with Gasteiger partial charge in [0.05, 0.1) is 0 Å². The van der Waals surface area contributed by atoms with Crippen LogP contribution in [0.4, 0.5) is 5.69 Å². The zero-order valence-corrected chi connectivity index (χ0v) is 17.3. The number of furan rings is 1. The quantitative estimate of drug-likeness (QED) is 0.441. The molecule has 4 rings (SSSR count). The van der Waals surface area contributed by atoms with Crippen LogP contribution in [0, 0.1) is 0 Å². The smallest absolute Gasteiger partial charge is 0.224 e. The van der Waals surface area contributed by atoms with E-state index in [-0.39, 0.29) is 5.91 Å². The molecule has 6 heteroatoms. The van der Waals surface area contributed by atoms with Gasteiger partial charge in [-0.3, -0.25) is 9.48 Å². The van der Waals surface area contributed by atoms with E-state index in [1.165, 1.54) is 0 Å². The maximum absolute atomic E-state index is 11.7. The van der Waals surface area contributed by atoms with Crippen LogP contribution in [0.2, 0.25) is 0 Å². The summed E-state index contributed by atoms with van der Waals surface area (Å²) in [7, 11) is 1.92. The van der Waals surface area contributed by atoms with Gasteiger partial charge in [0.15, 0.2) is 5.76 Å². The molecule has 0 atom stereocenters. The molecule has 0 saturated heterocycles. The summed E-state index contributed by atoms with van der Waals surface area (Å²) in [5.74, 6) is 0.832. The van der Waals surface area contributed by atoms with Gasteiger partial charge in [-0.05, 0) is 36.2 Å². The Hall–Kier alpha value is -3.38. The molecule has 0 spiro atoms. The average Bonchev–Trinajstić information content (AvgIpc) is 3.32. The molecule has 0 saturated carbocycles. The number of anilines is 1. The summed E-state index contributed by atoms with van der Waals surface area (Å²) in [5.41, 5.74) is 4.78. The van der Waals surface area contributed by atoms with Crippen molar-refractivity contribution < 1.29 is 9.21 Å².